The van der Waals surface area contributed by atoms with Crippen LogP contribution in [0.5, 0.6) is 17.2 Å². The van der Waals surface area contributed by atoms with E-state index in [1.165, 1.54) is 0 Å². The molecule has 2 aliphatic heterocycles. The van der Waals surface area contributed by atoms with Crippen LogP contribution in [0.15, 0.2) is 60.7 Å². The predicted octanol–water partition coefficient (Wildman–Crippen LogP) is 4.38. The van der Waals surface area contributed by atoms with Crippen LogP contribution in [0.3, 0.4) is 0 Å². The van der Waals surface area contributed by atoms with E-state index in [1.807, 2.05) is 50.2 Å². The first kappa shape index (κ1) is 29.5. The molecule has 5 rings (SSSR count). The monoisotopic (exact) mass is 572 g/mol. The third-order valence-corrected chi connectivity index (χ3v) is 7.74. The number of rotatable bonds is 6. The van der Waals surface area contributed by atoms with Gasteiger partial charge < -0.3 is 29.3 Å². The van der Waals surface area contributed by atoms with Crippen molar-refractivity contribution in [3.8, 4) is 17.2 Å². The average Bonchev–Trinajstić information content (AvgIpc) is 2.99. The summed E-state index contributed by atoms with van der Waals surface area (Å²) in [5.74, 6) is 1.15. The Kier molecular flexibility index (Phi) is 9.71. The Morgan fingerprint density at radius 2 is 1.93 bits per heavy atom. The summed E-state index contributed by atoms with van der Waals surface area (Å²) in [6.07, 6.45) is 2.12. The molecule has 1 N–H and O–H groups in total. The van der Waals surface area contributed by atoms with Crippen molar-refractivity contribution in [2.24, 2.45) is 0 Å². The van der Waals surface area contributed by atoms with Gasteiger partial charge in [-0.15, -0.1) is 0 Å². The summed E-state index contributed by atoms with van der Waals surface area (Å²) < 4.78 is 18.2. The Morgan fingerprint density at radius 3 is 2.74 bits per heavy atom. The van der Waals surface area contributed by atoms with E-state index in [1.54, 1.807) is 30.2 Å². The number of ether oxygens (including phenoxy) is 3. The van der Waals surface area contributed by atoms with E-state index >= 15 is 0 Å². The number of piperidine rings is 1. The van der Waals surface area contributed by atoms with Gasteiger partial charge in [0.25, 0.3) is 5.91 Å². The summed E-state index contributed by atoms with van der Waals surface area (Å²) in [6.45, 7) is 7.19. The zero-order valence-corrected chi connectivity index (χ0v) is 24.7. The third-order valence-electron chi connectivity index (χ3n) is 7.74. The van der Waals surface area contributed by atoms with Gasteiger partial charge in [-0.25, -0.2) is 0 Å². The van der Waals surface area contributed by atoms with Gasteiger partial charge in [-0.1, -0.05) is 25.1 Å². The Bertz CT molecular complexity index is 1400. The van der Waals surface area contributed by atoms with E-state index in [4.69, 9.17) is 14.2 Å². The summed E-state index contributed by atoms with van der Waals surface area (Å²) in [7, 11) is 1.56. The molecule has 4 bridgehead atoms. The fourth-order valence-corrected chi connectivity index (χ4v) is 5.58. The van der Waals surface area contributed by atoms with Crippen LogP contribution >= 0.6 is 0 Å². The lowest BCUT2D eigenvalue weighted by molar-refractivity contribution is -0.125. The van der Waals surface area contributed by atoms with Gasteiger partial charge in [-0.2, -0.15) is 0 Å². The van der Waals surface area contributed by atoms with Gasteiger partial charge in [0.05, 0.1) is 32.4 Å². The number of aryl methyl sites for hydroxylation is 1. The van der Waals surface area contributed by atoms with E-state index in [0.29, 0.717) is 42.5 Å². The van der Waals surface area contributed by atoms with Crippen molar-refractivity contribution in [1.82, 2.24) is 20.1 Å². The number of benzene rings is 2. The Morgan fingerprint density at radius 1 is 1.07 bits per heavy atom. The molecule has 1 saturated heterocycles. The van der Waals surface area contributed by atoms with Crippen molar-refractivity contribution in [1.29, 1.82) is 0 Å². The molecule has 2 aliphatic rings. The lowest BCUT2D eigenvalue weighted by atomic mass is 10.0. The quantitative estimate of drug-likeness (QED) is 0.469. The zero-order valence-electron chi connectivity index (χ0n) is 24.7. The zero-order chi connectivity index (χ0) is 29.5. The molecule has 9 nitrogen and oxygen atoms in total. The largest absolute Gasteiger partial charge is 0.493 e. The number of fused-ring (bicyclic) bond motifs is 5. The van der Waals surface area contributed by atoms with E-state index in [2.05, 4.69) is 21.3 Å². The Balaban J connectivity index is 1.39. The molecule has 2 aromatic carbocycles. The number of likely N-dealkylation sites (tertiary alicyclic amines) is 1. The second-order valence-corrected chi connectivity index (χ2v) is 11.0. The van der Waals surface area contributed by atoms with Crippen molar-refractivity contribution in [2.75, 3.05) is 39.8 Å². The maximum atomic E-state index is 13.6. The lowest BCUT2D eigenvalue weighted by Gasteiger charge is -2.39. The molecular formula is C33H40N4O5. The normalized spacial score (nSPS) is 19.9. The second kappa shape index (κ2) is 13.8. The fourth-order valence-electron chi connectivity index (χ4n) is 5.58. The van der Waals surface area contributed by atoms with Crippen LogP contribution in [0, 0.1) is 6.92 Å². The molecule has 0 aliphatic carbocycles. The minimum Gasteiger partial charge on any atom is -0.493 e. The highest BCUT2D eigenvalue weighted by Crippen LogP contribution is 2.33. The van der Waals surface area contributed by atoms with Crippen LogP contribution in [0.2, 0.25) is 0 Å². The van der Waals surface area contributed by atoms with Crippen LogP contribution in [-0.2, 0) is 22.6 Å². The van der Waals surface area contributed by atoms with E-state index < -0.39 is 0 Å². The SMILES string of the molecule is CCCN1CC(=O)N[C@H]2CCN(CCc3cccc(C)n3)C[C@@H]2OCc2cccc(c2)Oc2cc(ccc2OC)C1=O. The van der Waals surface area contributed by atoms with Crippen LogP contribution in [0.25, 0.3) is 0 Å². The smallest absolute Gasteiger partial charge is 0.254 e. The molecule has 42 heavy (non-hydrogen) atoms. The molecule has 0 unspecified atom stereocenters. The predicted molar refractivity (Wildman–Crippen MR) is 160 cm³/mol. The molecule has 3 aromatic rings. The van der Waals surface area contributed by atoms with Crippen molar-refractivity contribution < 1.29 is 23.8 Å². The van der Waals surface area contributed by atoms with Crippen LogP contribution in [0.4, 0.5) is 0 Å². The number of amides is 2. The maximum absolute atomic E-state index is 13.6. The molecule has 1 aromatic heterocycles. The highest BCUT2D eigenvalue weighted by atomic mass is 16.5. The number of carbonyl (C=O) groups excluding carboxylic acids is 2. The van der Waals surface area contributed by atoms with Crippen molar-refractivity contribution >= 4 is 11.8 Å². The maximum Gasteiger partial charge on any atom is 0.254 e. The fraction of sp³-hybridized carbons (Fsp3) is 0.424. The number of hydrogen-bond donors (Lipinski definition) is 1. The first-order chi connectivity index (χ1) is 20.4. The molecule has 2 atom stereocenters. The molecule has 2 amide bonds. The molecular weight excluding hydrogens is 532 g/mol. The number of nitrogens with zero attached hydrogens (tertiary/aromatic N) is 3. The number of carbonyl (C=O) groups is 2. The van der Waals surface area contributed by atoms with Gasteiger partial charge in [0, 0.05) is 49.6 Å². The van der Waals surface area contributed by atoms with Crippen LogP contribution < -0.4 is 14.8 Å². The van der Waals surface area contributed by atoms with Crippen LogP contribution in [-0.4, -0.2) is 78.6 Å². The topological polar surface area (TPSA) is 93.2 Å². The number of hydrogen-bond acceptors (Lipinski definition) is 7. The lowest BCUT2D eigenvalue weighted by Crippen LogP contribution is -2.56. The van der Waals surface area contributed by atoms with Gasteiger partial charge >= 0.3 is 0 Å². The standard InChI is InChI=1S/C33H40N4O5/c1-4-15-37-21-32(38)35-28-14-17-36(16-13-26-9-5-7-23(2)34-26)20-31(28)41-22-24-8-6-10-27(18-24)42-30-19-25(33(37)39)11-12-29(30)40-3/h5-12,18-19,28,31H,4,13-17,20-22H2,1-3H3,(H,35,38)/t28-,31-/m0/s1. The first-order valence-corrected chi connectivity index (χ1v) is 14.7. The molecule has 222 valence electrons. The highest BCUT2D eigenvalue weighted by molar-refractivity contribution is 5.97. The van der Waals surface area contributed by atoms with Crippen molar-refractivity contribution in [3.05, 3.63) is 83.2 Å². The molecule has 9 heteroatoms. The number of nitrogens with one attached hydrogen (secondary N) is 1. The molecule has 1 fully saturated rings. The van der Waals surface area contributed by atoms with E-state index in [0.717, 1.165) is 49.3 Å². The second-order valence-electron chi connectivity index (χ2n) is 11.0. The molecule has 0 radical (unpaired) electrons. The highest BCUT2D eigenvalue weighted by Gasteiger charge is 2.32. The van der Waals surface area contributed by atoms with Gasteiger partial charge in [0.15, 0.2) is 11.5 Å². The number of aromatic nitrogens is 1. The summed E-state index contributed by atoms with van der Waals surface area (Å²) in [5.41, 5.74) is 3.48. The Labute approximate surface area is 247 Å². The van der Waals surface area contributed by atoms with Gasteiger partial charge in [-0.05, 0) is 67.8 Å². The van der Waals surface area contributed by atoms with E-state index in [-0.39, 0.29) is 30.5 Å². The number of pyridine rings is 1. The summed E-state index contributed by atoms with van der Waals surface area (Å²) in [4.78, 5) is 35.5. The van der Waals surface area contributed by atoms with Gasteiger partial charge in [0.2, 0.25) is 5.91 Å². The van der Waals surface area contributed by atoms with E-state index in [9.17, 15) is 9.59 Å². The summed E-state index contributed by atoms with van der Waals surface area (Å²) in [6, 6.07) is 18.8. The van der Waals surface area contributed by atoms with Crippen LogP contribution in [0.1, 0.15) is 47.1 Å². The minimum absolute atomic E-state index is 0.0279. The number of methoxy groups -OCH3 is 1. The first-order valence-electron chi connectivity index (χ1n) is 14.7. The van der Waals surface area contributed by atoms with Crippen molar-refractivity contribution in [2.45, 2.75) is 51.9 Å². The molecule has 0 spiro atoms. The minimum atomic E-state index is -0.229. The molecule has 0 saturated carbocycles. The average molecular weight is 573 g/mol. The summed E-state index contributed by atoms with van der Waals surface area (Å²) >= 11 is 0. The molecule has 3 heterocycles. The van der Waals surface area contributed by atoms with Gasteiger partial charge in [-0.3, -0.25) is 14.6 Å². The summed E-state index contributed by atoms with van der Waals surface area (Å²) in [5, 5.41) is 3.20. The third kappa shape index (κ3) is 7.46. The van der Waals surface area contributed by atoms with Gasteiger partial charge in [0.1, 0.15) is 5.75 Å². The Hall–Kier alpha value is -3.95. The van der Waals surface area contributed by atoms with Crippen molar-refractivity contribution in [3.63, 3.8) is 0 Å².